The van der Waals surface area contributed by atoms with Crippen LogP contribution >= 0.6 is 0 Å². The Kier molecular flexibility index (Phi) is 7.36. The molecule has 4 rings (SSSR count). The van der Waals surface area contributed by atoms with Crippen molar-refractivity contribution in [1.82, 2.24) is 24.7 Å². The van der Waals surface area contributed by atoms with Gasteiger partial charge in [-0.1, -0.05) is 12.1 Å². The first kappa shape index (κ1) is 22.9. The van der Waals surface area contributed by atoms with E-state index in [1.807, 2.05) is 21.9 Å². The van der Waals surface area contributed by atoms with Gasteiger partial charge in [0.15, 0.2) is 5.82 Å². The number of ether oxygens (including phenoxy) is 3. The number of carbonyl (C=O) groups is 2. The highest BCUT2D eigenvalue weighted by molar-refractivity contribution is 5.94. The predicted octanol–water partition coefficient (Wildman–Crippen LogP) is 0.777. The topological polar surface area (TPSA) is 97.3 Å². The zero-order chi connectivity index (χ0) is 23.2. The van der Waals surface area contributed by atoms with Gasteiger partial charge in [0, 0.05) is 50.4 Å². The third-order valence-corrected chi connectivity index (χ3v) is 5.87. The van der Waals surface area contributed by atoms with Crippen molar-refractivity contribution >= 4 is 11.8 Å². The minimum Gasteiger partial charge on any atom is -0.481 e. The van der Waals surface area contributed by atoms with Gasteiger partial charge < -0.3 is 24.0 Å². The number of piperazine rings is 1. The van der Waals surface area contributed by atoms with E-state index in [0.717, 1.165) is 5.56 Å². The molecule has 2 aromatic rings. The van der Waals surface area contributed by atoms with Crippen LogP contribution in [0.2, 0.25) is 0 Å². The number of amides is 2. The van der Waals surface area contributed by atoms with E-state index in [1.54, 1.807) is 18.2 Å². The molecule has 0 unspecified atom stereocenters. The molecule has 2 amide bonds. The second-order valence-corrected chi connectivity index (χ2v) is 7.92. The molecule has 0 N–H and O–H groups in total. The minimum absolute atomic E-state index is 0.0233. The van der Waals surface area contributed by atoms with E-state index >= 15 is 0 Å². The Labute approximate surface area is 193 Å². The van der Waals surface area contributed by atoms with Crippen molar-refractivity contribution < 1.29 is 23.8 Å². The molecule has 0 aliphatic carbocycles. The van der Waals surface area contributed by atoms with Crippen molar-refractivity contribution in [3.05, 3.63) is 35.9 Å². The maximum atomic E-state index is 13.0. The van der Waals surface area contributed by atoms with Crippen LogP contribution in [0, 0.1) is 0 Å². The number of morpholine rings is 1. The van der Waals surface area contributed by atoms with E-state index in [1.165, 1.54) is 14.2 Å². The quantitative estimate of drug-likeness (QED) is 0.630. The molecule has 0 bridgehead atoms. The van der Waals surface area contributed by atoms with Gasteiger partial charge in [0.1, 0.15) is 0 Å². The third kappa shape index (κ3) is 5.58. The summed E-state index contributed by atoms with van der Waals surface area (Å²) in [6.07, 6.45) is 0. The van der Waals surface area contributed by atoms with E-state index in [-0.39, 0.29) is 11.8 Å². The summed E-state index contributed by atoms with van der Waals surface area (Å²) in [5.74, 6) is 1.38. The predicted molar refractivity (Wildman–Crippen MR) is 120 cm³/mol. The average molecular weight is 456 g/mol. The van der Waals surface area contributed by atoms with Gasteiger partial charge in [-0.2, -0.15) is 9.97 Å². The number of methoxy groups -OCH3 is 2. The van der Waals surface area contributed by atoms with Crippen molar-refractivity contribution in [1.29, 1.82) is 0 Å². The Morgan fingerprint density at radius 3 is 2.06 bits per heavy atom. The summed E-state index contributed by atoms with van der Waals surface area (Å²) in [6.45, 7) is 5.44. The third-order valence-electron chi connectivity index (χ3n) is 5.87. The first-order valence-electron chi connectivity index (χ1n) is 11.0. The molecule has 0 atom stereocenters. The average Bonchev–Trinajstić information content (AvgIpc) is 2.89. The summed E-state index contributed by atoms with van der Waals surface area (Å²) in [7, 11) is 3.07. The van der Waals surface area contributed by atoms with Crippen LogP contribution in [-0.2, 0) is 9.53 Å². The van der Waals surface area contributed by atoms with Crippen molar-refractivity contribution in [2.45, 2.75) is 0 Å². The molecule has 2 fully saturated rings. The number of nitrogens with zero attached hydrogens (tertiary/aromatic N) is 5. The van der Waals surface area contributed by atoms with Crippen LogP contribution in [-0.4, -0.2) is 110 Å². The minimum atomic E-state index is -0.0233. The fourth-order valence-corrected chi connectivity index (χ4v) is 3.90. The Balaban J connectivity index is 1.33. The van der Waals surface area contributed by atoms with Gasteiger partial charge in [-0.3, -0.25) is 14.5 Å². The molecule has 176 valence electrons. The molecule has 0 spiro atoms. The molecule has 2 aliphatic heterocycles. The zero-order valence-corrected chi connectivity index (χ0v) is 19.0. The summed E-state index contributed by atoms with van der Waals surface area (Å²) in [4.78, 5) is 39.9. The standard InChI is InChI=1S/C23H29N5O5/c1-31-19-15-20(32-2)25-22(24-19)17-3-5-18(6-4-17)23(30)28-9-7-26(8-10-28)16-21(29)27-11-13-33-14-12-27/h3-6,15H,7-14,16H2,1-2H3. The molecule has 0 radical (unpaired) electrons. The normalized spacial score (nSPS) is 17.0. The number of carbonyl (C=O) groups excluding carboxylic acids is 2. The highest BCUT2D eigenvalue weighted by Crippen LogP contribution is 2.23. The van der Waals surface area contributed by atoms with Crippen molar-refractivity contribution in [3.63, 3.8) is 0 Å². The van der Waals surface area contributed by atoms with Crippen LogP contribution in [0.3, 0.4) is 0 Å². The van der Waals surface area contributed by atoms with Crippen molar-refractivity contribution in [2.75, 3.05) is 73.2 Å². The van der Waals surface area contributed by atoms with E-state index in [9.17, 15) is 9.59 Å². The lowest BCUT2D eigenvalue weighted by atomic mass is 10.1. The number of rotatable bonds is 6. The molecule has 3 heterocycles. The van der Waals surface area contributed by atoms with Gasteiger partial charge in [0.25, 0.3) is 5.91 Å². The molecule has 0 saturated carbocycles. The maximum Gasteiger partial charge on any atom is 0.253 e. The Hall–Kier alpha value is -3.24. The lowest BCUT2D eigenvalue weighted by molar-refractivity contribution is -0.136. The van der Waals surface area contributed by atoms with E-state index in [0.29, 0.717) is 82.2 Å². The van der Waals surface area contributed by atoms with Crippen LogP contribution in [0.1, 0.15) is 10.4 Å². The lowest BCUT2D eigenvalue weighted by Gasteiger charge is -2.36. The molecular weight excluding hydrogens is 426 g/mol. The van der Waals surface area contributed by atoms with Crippen LogP contribution in [0.25, 0.3) is 11.4 Å². The Morgan fingerprint density at radius 1 is 0.879 bits per heavy atom. The molecule has 2 saturated heterocycles. The number of aromatic nitrogens is 2. The van der Waals surface area contributed by atoms with Crippen LogP contribution in [0.4, 0.5) is 0 Å². The van der Waals surface area contributed by atoms with Crippen molar-refractivity contribution in [2.24, 2.45) is 0 Å². The fourth-order valence-electron chi connectivity index (χ4n) is 3.90. The Morgan fingerprint density at radius 2 is 1.48 bits per heavy atom. The van der Waals surface area contributed by atoms with Gasteiger partial charge in [-0.15, -0.1) is 0 Å². The fraction of sp³-hybridized carbons (Fsp3) is 0.478. The molecule has 10 nitrogen and oxygen atoms in total. The first-order chi connectivity index (χ1) is 16.1. The second-order valence-electron chi connectivity index (χ2n) is 7.92. The van der Waals surface area contributed by atoms with Gasteiger partial charge in [-0.25, -0.2) is 0 Å². The summed E-state index contributed by atoms with van der Waals surface area (Å²) < 4.78 is 15.7. The Bertz CT molecular complexity index is 947. The monoisotopic (exact) mass is 455 g/mol. The highest BCUT2D eigenvalue weighted by atomic mass is 16.5. The molecular formula is C23H29N5O5. The van der Waals surface area contributed by atoms with Gasteiger partial charge in [0.05, 0.1) is 40.0 Å². The summed E-state index contributed by atoms with van der Waals surface area (Å²) in [6, 6.07) is 8.80. The van der Waals surface area contributed by atoms with E-state index in [4.69, 9.17) is 14.2 Å². The number of benzene rings is 1. The maximum absolute atomic E-state index is 13.0. The smallest absolute Gasteiger partial charge is 0.253 e. The molecule has 2 aliphatic rings. The highest BCUT2D eigenvalue weighted by Gasteiger charge is 2.25. The van der Waals surface area contributed by atoms with Crippen LogP contribution in [0.5, 0.6) is 11.8 Å². The summed E-state index contributed by atoms with van der Waals surface area (Å²) in [5.41, 5.74) is 1.36. The lowest BCUT2D eigenvalue weighted by Crippen LogP contribution is -2.52. The van der Waals surface area contributed by atoms with E-state index < -0.39 is 0 Å². The van der Waals surface area contributed by atoms with Gasteiger partial charge in [-0.05, 0) is 12.1 Å². The van der Waals surface area contributed by atoms with E-state index in [2.05, 4.69) is 14.9 Å². The van der Waals surface area contributed by atoms with Gasteiger partial charge >= 0.3 is 0 Å². The van der Waals surface area contributed by atoms with Crippen molar-refractivity contribution in [3.8, 4) is 23.1 Å². The van der Waals surface area contributed by atoms with Gasteiger partial charge in [0.2, 0.25) is 17.7 Å². The first-order valence-corrected chi connectivity index (χ1v) is 11.0. The molecule has 1 aromatic heterocycles. The molecule has 10 heteroatoms. The second kappa shape index (κ2) is 10.6. The molecule has 1 aromatic carbocycles. The number of hydrogen-bond acceptors (Lipinski definition) is 8. The molecule has 33 heavy (non-hydrogen) atoms. The summed E-state index contributed by atoms with van der Waals surface area (Å²) >= 11 is 0. The summed E-state index contributed by atoms with van der Waals surface area (Å²) in [5, 5.41) is 0. The van der Waals surface area contributed by atoms with Crippen LogP contribution < -0.4 is 9.47 Å². The number of hydrogen-bond donors (Lipinski definition) is 0. The largest absolute Gasteiger partial charge is 0.481 e. The van der Waals surface area contributed by atoms with Crippen LogP contribution in [0.15, 0.2) is 30.3 Å². The zero-order valence-electron chi connectivity index (χ0n) is 19.0. The SMILES string of the molecule is COc1cc(OC)nc(-c2ccc(C(=O)N3CCN(CC(=O)N4CCOCC4)CC3)cc2)n1.